The molecular weight excluding hydrogens is 398 g/mol. The summed E-state index contributed by atoms with van der Waals surface area (Å²) in [4.78, 5) is 20.8. The van der Waals surface area contributed by atoms with Crippen molar-refractivity contribution in [2.75, 3.05) is 6.79 Å². The highest BCUT2D eigenvalue weighted by Crippen LogP contribution is 2.37. The lowest BCUT2D eigenvalue weighted by Gasteiger charge is -2.06. The molecule has 0 saturated heterocycles. The second-order valence-electron chi connectivity index (χ2n) is 6.72. The van der Waals surface area contributed by atoms with Gasteiger partial charge in [-0.3, -0.25) is 9.78 Å². The molecule has 30 heavy (non-hydrogen) atoms. The van der Waals surface area contributed by atoms with Crippen molar-refractivity contribution in [1.82, 2.24) is 15.3 Å². The van der Waals surface area contributed by atoms with Crippen LogP contribution in [0.1, 0.15) is 15.9 Å². The molecule has 1 amide bonds. The van der Waals surface area contributed by atoms with Gasteiger partial charge in [0.1, 0.15) is 5.01 Å². The van der Waals surface area contributed by atoms with E-state index in [0.29, 0.717) is 12.1 Å². The fourth-order valence-corrected chi connectivity index (χ4v) is 3.98. The quantitative estimate of drug-likeness (QED) is 0.518. The molecule has 1 aliphatic rings. The average Bonchev–Trinajstić information content (AvgIpc) is 3.47. The molecule has 5 rings (SSSR count). The normalized spacial score (nSPS) is 12.0. The Bertz CT molecular complexity index is 1190. The van der Waals surface area contributed by atoms with Crippen LogP contribution >= 0.6 is 11.3 Å². The molecule has 0 bridgehead atoms. The molecule has 0 aliphatic carbocycles. The van der Waals surface area contributed by atoms with Gasteiger partial charge in [-0.1, -0.05) is 24.3 Å². The van der Waals surface area contributed by atoms with Crippen LogP contribution in [0, 0.1) is 0 Å². The lowest BCUT2D eigenvalue weighted by atomic mass is 10.1. The highest BCUT2D eigenvalue weighted by molar-refractivity contribution is 7.13. The number of benzene rings is 2. The largest absolute Gasteiger partial charge is 0.454 e. The number of pyridine rings is 1. The van der Waals surface area contributed by atoms with Gasteiger partial charge in [0.05, 0.1) is 5.69 Å². The summed E-state index contributed by atoms with van der Waals surface area (Å²) in [7, 11) is 0. The van der Waals surface area contributed by atoms with E-state index < -0.39 is 0 Å². The second-order valence-corrected chi connectivity index (χ2v) is 7.58. The van der Waals surface area contributed by atoms with E-state index in [1.165, 1.54) is 0 Å². The second kappa shape index (κ2) is 7.96. The number of fused-ring (bicyclic) bond motifs is 1. The van der Waals surface area contributed by atoms with E-state index in [4.69, 9.17) is 14.5 Å². The van der Waals surface area contributed by atoms with E-state index >= 15 is 0 Å². The molecule has 0 fully saturated rings. The van der Waals surface area contributed by atoms with Crippen LogP contribution in [0.4, 0.5) is 0 Å². The Balaban J connectivity index is 1.26. The van der Waals surface area contributed by atoms with Crippen molar-refractivity contribution < 1.29 is 14.3 Å². The first-order chi connectivity index (χ1) is 14.8. The number of nitrogens with one attached hydrogen (secondary N) is 1. The van der Waals surface area contributed by atoms with E-state index in [1.807, 2.05) is 47.8 Å². The van der Waals surface area contributed by atoms with Crippen molar-refractivity contribution in [3.05, 3.63) is 83.5 Å². The summed E-state index contributed by atoms with van der Waals surface area (Å²) in [6, 6.07) is 17.3. The van der Waals surface area contributed by atoms with Gasteiger partial charge in [0.2, 0.25) is 6.79 Å². The Labute approximate surface area is 177 Å². The van der Waals surface area contributed by atoms with E-state index in [-0.39, 0.29) is 12.7 Å². The molecule has 0 unspecified atom stereocenters. The van der Waals surface area contributed by atoms with Gasteiger partial charge in [-0.25, -0.2) is 4.98 Å². The molecular formula is C23H17N3O3S. The maximum absolute atomic E-state index is 12.2. The first-order valence-electron chi connectivity index (χ1n) is 9.39. The van der Waals surface area contributed by atoms with Gasteiger partial charge in [-0.05, 0) is 35.9 Å². The maximum Gasteiger partial charge on any atom is 0.251 e. The van der Waals surface area contributed by atoms with Crippen LogP contribution in [0.15, 0.2) is 72.4 Å². The fourth-order valence-electron chi connectivity index (χ4n) is 3.15. The Morgan fingerprint density at radius 2 is 1.73 bits per heavy atom. The van der Waals surface area contributed by atoms with Crippen LogP contribution in [0.2, 0.25) is 0 Å². The molecule has 7 heteroatoms. The van der Waals surface area contributed by atoms with Gasteiger partial charge in [0, 0.05) is 41.0 Å². The van der Waals surface area contributed by atoms with Crippen molar-refractivity contribution in [3.8, 4) is 33.3 Å². The summed E-state index contributed by atoms with van der Waals surface area (Å²) in [5, 5.41) is 5.90. The first-order valence-corrected chi connectivity index (χ1v) is 10.3. The van der Waals surface area contributed by atoms with Crippen LogP contribution in [0.5, 0.6) is 11.5 Å². The van der Waals surface area contributed by atoms with Gasteiger partial charge in [0.15, 0.2) is 11.5 Å². The predicted octanol–water partition coefficient (Wildman–Crippen LogP) is 4.53. The zero-order chi connectivity index (χ0) is 20.3. The van der Waals surface area contributed by atoms with Gasteiger partial charge < -0.3 is 14.8 Å². The van der Waals surface area contributed by atoms with E-state index in [0.717, 1.165) is 38.9 Å². The minimum atomic E-state index is -0.116. The summed E-state index contributed by atoms with van der Waals surface area (Å²) in [5.74, 6) is 1.40. The molecule has 4 aromatic rings. The number of carbonyl (C=O) groups excluding carboxylic acids is 1. The maximum atomic E-state index is 12.2. The average molecular weight is 415 g/mol. The summed E-state index contributed by atoms with van der Waals surface area (Å²) < 4.78 is 10.8. The number of aromatic nitrogens is 2. The lowest BCUT2D eigenvalue weighted by molar-refractivity contribution is 0.0951. The molecule has 0 atom stereocenters. The molecule has 0 saturated carbocycles. The van der Waals surface area contributed by atoms with Gasteiger partial charge in [0.25, 0.3) is 5.91 Å². The number of thiazole rings is 1. The molecule has 2 aromatic carbocycles. The number of rotatable bonds is 5. The fraction of sp³-hybridized carbons (Fsp3) is 0.0870. The standard InChI is InChI=1S/C23H17N3O3S/c27-22(16-7-9-24-10-8-16)25-12-15-1-3-17(4-2-15)23-26-19(13-30-23)18-5-6-20-21(11-18)29-14-28-20/h1-11,13H,12,14H2,(H,25,27). The Morgan fingerprint density at radius 3 is 2.57 bits per heavy atom. The van der Waals surface area contributed by atoms with Crippen LogP contribution in [-0.4, -0.2) is 22.7 Å². The zero-order valence-electron chi connectivity index (χ0n) is 15.9. The SMILES string of the molecule is O=C(NCc1ccc(-c2nc(-c3ccc4c(c3)OCO4)cs2)cc1)c1ccncc1. The van der Waals surface area contributed by atoms with Crippen LogP contribution in [0.3, 0.4) is 0 Å². The monoisotopic (exact) mass is 415 g/mol. The summed E-state index contributed by atoms with van der Waals surface area (Å²) in [5.41, 5.74) is 4.56. The number of ether oxygens (including phenoxy) is 2. The number of carbonyl (C=O) groups is 1. The summed E-state index contributed by atoms with van der Waals surface area (Å²) in [6.07, 6.45) is 3.21. The number of hydrogen-bond acceptors (Lipinski definition) is 6. The number of amides is 1. The number of nitrogens with zero attached hydrogens (tertiary/aromatic N) is 2. The topological polar surface area (TPSA) is 73.3 Å². The van der Waals surface area contributed by atoms with E-state index in [9.17, 15) is 4.79 Å². The summed E-state index contributed by atoms with van der Waals surface area (Å²) in [6.45, 7) is 0.720. The third-order valence-electron chi connectivity index (χ3n) is 4.77. The molecule has 1 N–H and O–H groups in total. The smallest absolute Gasteiger partial charge is 0.251 e. The van der Waals surface area contributed by atoms with Crippen LogP contribution < -0.4 is 14.8 Å². The van der Waals surface area contributed by atoms with Crippen LogP contribution in [0.25, 0.3) is 21.8 Å². The highest BCUT2D eigenvalue weighted by Gasteiger charge is 2.15. The Hall–Kier alpha value is -3.71. The third-order valence-corrected chi connectivity index (χ3v) is 5.66. The molecule has 6 nitrogen and oxygen atoms in total. The van der Waals surface area contributed by atoms with E-state index in [1.54, 1.807) is 35.9 Å². The van der Waals surface area contributed by atoms with E-state index in [2.05, 4.69) is 10.3 Å². The highest BCUT2D eigenvalue weighted by atomic mass is 32.1. The van der Waals surface area contributed by atoms with Crippen molar-refractivity contribution in [3.63, 3.8) is 0 Å². The molecule has 0 spiro atoms. The minimum absolute atomic E-state index is 0.116. The van der Waals surface area contributed by atoms with Crippen LogP contribution in [-0.2, 0) is 6.54 Å². The van der Waals surface area contributed by atoms with Gasteiger partial charge >= 0.3 is 0 Å². The van der Waals surface area contributed by atoms with Gasteiger partial charge in [-0.2, -0.15) is 0 Å². The van der Waals surface area contributed by atoms with Crippen molar-refractivity contribution >= 4 is 17.2 Å². The first kappa shape index (κ1) is 18.3. The number of hydrogen-bond donors (Lipinski definition) is 1. The van der Waals surface area contributed by atoms with Gasteiger partial charge in [-0.15, -0.1) is 11.3 Å². The molecule has 148 valence electrons. The third kappa shape index (κ3) is 3.75. The van der Waals surface area contributed by atoms with Crippen molar-refractivity contribution in [1.29, 1.82) is 0 Å². The molecule has 3 heterocycles. The molecule has 0 radical (unpaired) electrons. The Morgan fingerprint density at radius 1 is 0.967 bits per heavy atom. The van der Waals surface area contributed by atoms with Crippen molar-refractivity contribution in [2.24, 2.45) is 0 Å². The molecule has 2 aromatic heterocycles. The summed E-state index contributed by atoms with van der Waals surface area (Å²) >= 11 is 1.59. The Kier molecular flexibility index (Phi) is 4.86. The molecule has 1 aliphatic heterocycles. The predicted molar refractivity (Wildman–Crippen MR) is 115 cm³/mol. The lowest BCUT2D eigenvalue weighted by Crippen LogP contribution is -2.22. The minimum Gasteiger partial charge on any atom is -0.454 e. The van der Waals surface area contributed by atoms with Crippen molar-refractivity contribution in [2.45, 2.75) is 6.54 Å². The zero-order valence-corrected chi connectivity index (χ0v) is 16.7.